The fourth-order valence-electron chi connectivity index (χ4n) is 2.72. The first-order valence-corrected chi connectivity index (χ1v) is 7.26. The Bertz CT molecular complexity index is 424. The lowest BCUT2D eigenvalue weighted by molar-refractivity contribution is -0.121. The summed E-state index contributed by atoms with van der Waals surface area (Å²) in [5, 5.41) is 12.8. The van der Waals surface area contributed by atoms with E-state index < -0.39 is 6.10 Å². The van der Waals surface area contributed by atoms with Gasteiger partial charge in [0.05, 0.1) is 19.6 Å². The van der Waals surface area contributed by atoms with Crippen LogP contribution in [0.15, 0.2) is 24.3 Å². The third-order valence-electron chi connectivity index (χ3n) is 3.98. The number of hydrogen-bond acceptors (Lipinski definition) is 3. The number of carbonyl (C=O) groups is 1. The fourth-order valence-corrected chi connectivity index (χ4v) is 2.72. The van der Waals surface area contributed by atoms with Crippen molar-refractivity contribution in [3.8, 4) is 5.75 Å². The number of nitrogens with one attached hydrogen (secondary N) is 1. The number of carbonyl (C=O) groups excluding carboxylic acids is 1. The van der Waals surface area contributed by atoms with Crippen molar-refractivity contribution < 1.29 is 14.6 Å². The van der Waals surface area contributed by atoms with Gasteiger partial charge in [-0.1, -0.05) is 25.0 Å². The van der Waals surface area contributed by atoms with Crippen LogP contribution < -0.4 is 10.1 Å². The molecule has 0 aromatic heterocycles. The predicted octanol–water partition coefficient (Wildman–Crippen LogP) is 1.90. The van der Waals surface area contributed by atoms with E-state index >= 15 is 0 Å². The molecule has 0 spiro atoms. The summed E-state index contributed by atoms with van der Waals surface area (Å²) in [6, 6.07) is 7.45. The molecule has 2 N–H and O–H groups in total. The number of methoxy groups -OCH3 is 1. The van der Waals surface area contributed by atoms with Crippen LogP contribution in [0.5, 0.6) is 5.75 Å². The number of ether oxygens (including phenoxy) is 1. The Morgan fingerprint density at radius 3 is 2.60 bits per heavy atom. The van der Waals surface area contributed by atoms with Gasteiger partial charge in [0.15, 0.2) is 0 Å². The van der Waals surface area contributed by atoms with Crippen molar-refractivity contribution >= 4 is 5.91 Å². The van der Waals surface area contributed by atoms with E-state index in [1.54, 1.807) is 7.11 Å². The van der Waals surface area contributed by atoms with Gasteiger partial charge in [-0.15, -0.1) is 0 Å². The van der Waals surface area contributed by atoms with Gasteiger partial charge in [-0.2, -0.15) is 0 Å². The first kappa shape index (κ1) is 14.9. The fraction of sp³-hybridized carbons (Fsp3) is 0.562. The van der Waals surface area contributed by atoms with Gasteiger partial charge in [-0.25, -0.2) is 0 Å². The lowest BCUT2D eigenvalue weighted by Crippen LogP contribution is -2.36. The molecule has 0 aliphatic heterocycles. The first-order valence-electron chi connectivity index (χ1n) is 7.26. The zero-order valence-corrected chi connectivity index (χ0v) is 12.0. The van der Waals surface area contributed by atoms with Gasteiger partial charge in [0, 0.05) is 6.54 Å². The SMILES string of the molecule is COc1ccc(CC(=O)NCC(O)C2CCCC2)cc1. The number of aliphatic hydroxyl groups is 1. The highest BCUT2D eigenvalue weighted by Gasteiger charge is 2.23. The van der Waals surface area contributed by atoms with Crippen molar-refractivity contribution in [3.05, 3.63) is 29.8 Å². The van der Waals surface area contributed by atoms with Crippen LogP contribution in [-0.2, 0) is 11.2 Å². The van der Waals surface area contributed by atoms with Crippen molar-refractivity contribution in [1.82, 2.24) is 5.32 Å². The molecule has 20 heavy (non-hydrogen) atoms. The van der Waals surface area contributed by atoms with E-state index in [1.165, 1.54) is 12.8 Å². The molecule has 1 atom stereocenters. The molecule has 4 heteroatoms. The summed E-state index contributed by atoms with van der Waals surface area (Å²) < 4.78 is 5.08. The third-order valence-corrected chi connectivity index (χ3v) is 3.98. The lowest BCUT2D eigenvalue weighted by atomic mass is 10.0. The zero-order valence-electron chi connectivity index (χ0n) is 12.0. The Labute approximate surface area is 120 Å². The molecule has 4 nitrogen and oxygen atoms in total. The second kappa shape index (κ2) is 7.29. The Balaban J connectivity index is 1.74. The van der Waals surface area contributed by atoms with Crippen LogP contribution in [0.25, 0.3) is 0 Å². The molecule has 1 amide bonds. The summed E-state index contributed by atoms with van der Waals surface area (Å²) in [5.41, 5.74) is 0.943. The van der Waals surface area contributed by atoms with E-state index in [0.29, 0.717) is 18.9 Å². The smallest absolute Gasteiger partial charge is 0.224 e. The maximum atomic E-state index is 11.8. The summed E-state index contributed by atoms with van der Waals surface area (Å²) in [4.78, 5) is 11.8. The molecular formula is C16H23NO3. The molecule has 1 aliphatic rings. The Morgan fingerprint density at radius 1 is 1.35 bits per heavy atom. The van der Waals surface area contributed by atoms with E-state index in [4.69, 9.17) is 4.74 Å². The van der Waals surface area contributed by atoms with Crippen LogP contribution in [0.4, 0.5) is 0 Å². The van der Waals surface area contributed by atoms with Gasteiger partial charge in [-0.3, -0.25) is 4.79 Å². The molecular weight excluding hydrogens is 254 g/mol. The summed E-state index contributed by atoms with van der Waals surface area (Å²) in [6.07, 6.45) is 4.48. The molecule has 1 aromatic rings. The molecule has 0 radical (unpaired) electrons. The molecule has 1 unspecified atom stereocenters. The predicted molar refractivity (Wildman–Crippen MR) is 77.7 cm³/mol. The van der Waals surface area contributed by atoms with E-state index in [2.05, 4.69) is 5.32 Å². The maximum Gasteiger partial charge on any atom is 0.224 e. The van der Waals surface area contributed by atoms with E-state index in [0.717, 1.165) is 24.2 Å². The highest BCUT2D eigenvalue weighted by atomic mass is 16.5. The normalized spacial score (nSPS) is 16.9. The highest BCUT2D eigenvalue weighted by Crippen LogP contribution is 2.27. The number of aliphatic hydroxyl groups excluding tert-OH is 1. The van der Waals surface area contributed by atoms with Gasteiger partial charge in [0.2, 0.25) is 5.91 Å². The van der Waals surface area contributed by atoms with Crippen LogP contribution in [-0.4, -0.2) is 30.8 Å². The second-order valence-electron chi connectivity index (χ2n) is 5.44. The molecule has 1 saturated carbocycles. The standard InChI is InChI=1S/C16H23NO3/c1-20-14-8-6-12(7-9-14)10-16(19)17-11-15(18)13-4-2-3-5-13/h6-9,13,15,18H,2-5,10-11H2,1H3,(H,17,19). The maximum absolute atomic E-state index is 11.8. The van der Waals surface area contributed by atoms with Crippen LogP contribution in [0.2, 0.25) is 0 Å². The Morgan fingerprint density at radius 2 is 2.00 bits per heavy atom. The number of benzene rings is 1. The quantitative estimate of drug-likeness (QED) is 0.835. The second-order valence-corrected chi connectivity index (χ2v) is 5.44. The molecule has 0 bridgehead atoms. The van der Waals surface area contributed by atoms with Crippen LogP contribution in [0.1, 0.15) is 31.2 Å². The average molecular weight is 277 g/mol. The average Bonchev–Trinajstić information content (AvgIpc) is 3.00. The minimum absolute atomic E-state index is 0.0489. The summed E-state index contributed by atoms with van der Waals surface area (Å²) in [6.45, 7) is 0.361. The molecule has 110 valence electrons. The van der Waals surface area contributed by atoms with Crippen LogP contribution in [0.3, 0.4) is 0 Å². The summed E-state index contributed by atoms with van der Waals surface area (Å²) >= 11 is 0. The number of rotatable bonds is 6. The Kier molecular flexibility index (Phi) is 5.41. The van der Waals surface area contributed by atoms with Crippen molar-refractivity contribution in [3.63, 3.8) is 0 Å². The summed E-state index contributed by atoms with van der Waals surface area (Å²) in [7, 11) is 1.62. The topological polar surface area (TPSA) is 58.6 Å². The van der Waals surface area contributed by atoms with Gasteiger partial charge in [-0.05, 0) is 36.5 Å². The molecule has 1 aliphatic carbocycles. The largest absolute Gasteiger partial charge is 0.497 e. The van der Waals surface area contributed by atoms with Crippen molar-refractivity contribution in [2.24, 2.45) is 5.92 Å². The van der Waals surface area contributed by atoms with Gasteiger partial charge in [0.25, 0.3) is 0 Å². The highest BCUT2D eigenvalue weighted by molar-refractivity contribution is 5.78. The first-order chi connectivity index (χ1) is 9.69. The van der Waals surface area contributed by atoms with E-state index in [-0.39, 0.29) is 5.91 Å². The number of hydrogen-bond donors (Lipinski definition) is 2. The minimum Gasteiger partial charge on any atom is -0.497 e. The van der Waals surface area contributed by atoms with Crippen LogP contribution >= 0.6 is 0 Å². The molecule has 1 aromatic carbocycles. The van der Waals surface area contributed by atoms with Gasteiger partial charge < -0.3 is 15.2 Å². The molecule has 0 saturated heterocycles. The van der Waals surface area contributed by atoms with E-state index in [9.17, 15) is 9.90 Å². The van der Waals surface area contributed by atoms with Gasteiger partial charge in [0.1, 0.15) is 5.75 Å². The molecule has 0 heterocycles. The molecule has 1 fully saturated rings. The van der Waals surface area contributed by atoms with E-state index in [1.807, 2.05) is 24.3 Å². The van der Waals surface area contributed by atoms with Crippen molar-refractivity contribution in [1.29, 1.82) is 0 Å². The molecule has 2 rings (SSSR count). The van der Waals surface area contributed by atoms with Crippen molar-refractivity contribution in [2.45, 2.75) is 38.2 Å². The summed E-state index contributed by atoms with van der Waals surface area (Å²) in [5.74, 6) is 1.09. The van der Waals surface area contributed by atoms with Crippen molar-refractivity contribution in [2.75, 3.05) is 13.7 Å². The van der Waals surface area contributed by atoms with Gasteiger partial charge >= 0.3 is 0 Å². The number of amides is 1. The monoisotopic (exact) mass is 277 g/mol. The Hall–Kier alpha value is -1.55. The zero-order chi connectivity index (χ0) is 14.4. The minimum atomic E-state index is -0.405. The lowest BCUT2D eigenvalue weighted by Gasteiger charge is -2.18. The van der Waals surface area contributed by atoms with Crippen LogP contribution in [0, 0.1) is 5.92 Å². The third kappa shape index (κ3) is 4.23.